The molecule has 0 amide bonds. The summed E-state index contributed by atoms with van der Waals surface area (Å²) in [6, 6.07) is 0. The predicted molar refractivity (Wildman–Crippen MR) is 54.1 cm³/mol. The molecule has 0 unspecified atom stereocenters. The van der Waals surface area contributed by atoms with Crippen LogP contribution in [0.15, 0.2) is 11.3 Å². The van der Waals surface area contributed by atoms with Gasteiger partial charge in [0.15, 0.2) is 5.78 Å². The Hall–Kier alpha value is -1.32. The molecular formula is C11H16O4. The second kappa shape index (κ2) is 4.96. The Labute approximate surface area is 89.2 Å². The van der Waals surface area contributed by atoms with E-state index in [4.69, 9.17) is 9.47 Å². The largest absolute Gasteiger partial charge is 0.500 e. The summed E-state index contributed by atoms with van der Waals surface area (Å²) in [5.74, 6) is -0.162. The average Bonchev–Trinajstić information content (AvgIpc) is 2.96. The molecule has 0 atom stereocenters. The molecular weight excluding hydrogens is 196 g/mol. The molecule has 1 aliphatic rings. The van der Waals surface area contributed by atoms with E-state index in [9.17, 15) is 9.59 Å². The lowest BCUT2D eigenvalue weighted by molar-refractivity contribution is -0.140. The molecule has 84 valence electrons. The van der Waals surface area contributed by atoms with Gasteiger partial charge < -0.3 is 9.47 Å². The minimum atomic E-state index is -0.575. The SMILES string of the molecule is CCOC(=O)C(C(C)=O)=C(OC)C1CC1. The van der Waals surface area contributed by atoms with E-state index in [0.29, 0.717) is 5.76 Å². The van der Waals surface area contributed by atoms with Crippen molar-refractivity contribution in [3.63, 3.8) is 0 Å². The van der Waals surface area contributed by atoms with Crippen LogP contribution in [-0.4, -0.2) is 25.5 Å². The molecule has 4 heteroatoms. The molecule has 4 nitrogen and oxygen atoms in total. The molecule has 0 aliphatic heterocycles. The number of carbonyl (C=O) groups excluding carboxylic acids is 2. The summed E-state index contributed by atoms with van der Waals surface area (Å²) in [5.41, 5.74) is 0.0712. The van der Waals surface area contributed by atoms with E-state index in [-0.39, 0.29) is 23.9 Å². The Kier molecular flexibility index (Phi) is 3.88. The standard InChI is InChI=1S/C11H16O4/c1-4-15-11(13)9(7(2)12)10(14-3)8-5-6-8/h8H,4-6H2,1-3H3. The van der Waals surface area contributed by atoms with E-state index < -0.39 is 5.97 Å². The lowest BCUT2D eigenvalue weighted by Gasteiger charge is -2.10. The number of esters is 1. The fourth-order valence-electron chi connectivity index (χ4n) is 1.44. The second-order valence-electron chi connectivity index (χ2n) is 3.49. The van der Waals surface area contributed by atoms with Gasteiger partial charge in [-0.15, -0.1) is 0 Å². The number of rotatable bonds is 5. The summed E-state index contributed by atoms with van der Waals surface area (Å²) in [5, 5.41) is 0. The van der Waals surface area contributed by atoms with Crippen molar-refractivity contribution in [3.05, 3.63) is 11.3 Å². The van der Waals surface area contributed by atoms with Gasteiger partial charge in [0, 0.05) is 5.92 Å². The van der Waals surface area contributed by atoms with Crippen LogP contribution in [0.4, 0.5) is 0 Å². The molecule has 0 aromatic heterocycles. The molecule has 0 aromatic carbocycles. The Morgan fingerprint density at radius 1 is 1.33 bits per heavy atom. The van der Waals surface area contributed by atoms with Crippen molar-refractivity contribution in [2.45, 2.75) is 26.7 Å². The van der Waals surface area contributed by atoms with Crippen LogP contribution >= 0.6 is 0 Å². The van der Waals surface area contributed by atoms with E-state index in [1.54, 1.807) is 6.92 Å². The maximum absolute atomic E-state index is 11.5. The highest BCUT2D eigenvalue weighted by Gasteiger charge is 2.34. The first kappa shape index (κ1) is 11.8. The number of carbonyl (C=O) groups is 2. The monoisotopic (exact) mass is 212 g/mol. The fourth-order valence-corrected chi connectivity index (χ4v) is 1.44. The third-order valence-corrected chi connectivity index (χ3v) is 2.25. The van der Waals surface area contributed by atoms with Crippen LogP contribution in [-0.2, 0) is 19.1 Å². The van der Waals surface area contributed by atoms with Gasteiger partial charge in [-0.05, 0) is 26.7 Å². The fraction of sp³-hybridized carbons (Fsp3) is 0.636. The van der Waals surface area contributed by atoms with Crippen LogP contribution < -0.4 is 0 Å². The highest BCUT2D eigenvalue weighted by molar-refractivity contribution is 6.16. The van der Waals surface area contributed by atoms with Gasteiger partial charge in [0.1, 0.15) is 11.3 Å². The smallest absolute Gasteiger partial charge is 0.345 e. The third-order valence-electron chi connectivity index (χ3n) is 2.25. The minimum absolute atomic E-state index is 0.0712. The summed E-state index contributed by atoms with van der Waals surface area (Å²) in [7, 11) is 1.48. The van der Waals surface area contributed by atoms with Gasteiger partial charge in [0.05, 0.1) is 13.7 Å². The van der Waals surface area contributed by atoms with Crippen molar-refractivity contribution in [1.82, 2.24) is 0 Å². The molecule has 1 fully saturated rings. The van der Waals surface area contributed by atoms with E-state index in [1.165, 1.54) is 14.0 Å². The first-order valence-corrected chi connectivity index (χ1v) is 5.08. The zero-order valence-corrected chi connectivity index (χ0v) is 9.33. The Morgan fingerprint density at radius 3 is 2.27 bits per heavy atom. The molecule has 0 aromatic rings. The summed E-state index contributed by atoms with van der Waals surface area (Å²) < 4.78 is 9.95. The van der Waals surface area contributed by atoms with Crippen LogP contribution in [0.3, 0.4) is 0 Å². The average molecular weight is 212 g/mol. The quantitative estimate of drug-likeness (QED) is 0.227. The number of hydrogen-bond acceptors (Lipinski definition) is 4. The maximum atomic E-state index is 11.5. The number of Topliss-reactive ketones (excluding diaryl/α,β-unsaturated/α-hetero) is 1. The zero-order chi connectivity index (χ0) is 11.4. The van der Waals surface area contributed by atoms with Crippen molar-refractivity contribution < 1.29 is 19.1 Å². The first-order valence-electron chi connectivity index (χ1n) is 5.08. The Balaban J connectivity index is 2.97. The van der Waals surface area contributed by atoms with E-state index in [1.807, 2.05) is 0 Å². The number of ether oxygens (including phenoxy) is 2. The van der Waals surface area contributed by atoms with Crippen LogP contribution in [0, 0.1) is 5.92 Å². The van der Waals surface area contributed by atoms with E-state index in [0.717, 1.165) is 12.8 Å². The Bertz CT molecular complexity index is 300. The number of hydrogen-bond donors (Lipinski definition) is 0. The van der Waals surface area contributed by atoms with Gasteiger partial charge in [0.2, 0.25) is 0 Å². The van der Waals surface area contributed by atoms with E-state index >= 15 is 0 Å². The van der Waals surface area contributed by atoms with Crippen LogP contribution in [0.1, 0.15) is 26.7 Å². The zero-order valence-electron chi connectivity index (χ0n) is 9.33. The van der Waals surface area contributed by atoms with Gasteiger partial charge in [-0.1, -0.05) is 0 Å². The van der Waals surface area contributed by atoms with Crippen LogP contribution in [0.25, 0.3) is 0 Å². The molecule has 1 saturated carbocycles. The van der Waals surface area contributed by atoms with Crippen LogP contribution in [0.2, 0.25) is 0 Å². The second-order valence-corrected chi connectivity index (χ2v) is 3.49. The van der Waals surface area contributed by atoms with Crippen molar-refractivity contribution in [2.24, 2.45) is 5.92 Å². The summed E-state index contributed by atoms with van der Waals surface area (Å²) in [4.78, 5) is 22.9. The molecule has 0 bridgehead atoms. The van der Waals surface area contributed by atoms with Gasteiger partial charge >= 0.3 is 5.97 Å². The lowest BCUT2D eigenvalue weighted by atomic mass is 10.1. The molecule has 0 spiro atoms. The minimum Gasteiger partial charge on any atom is -0.500 e. The topological polar surface area (TPSA) is 52.6 Å². The van der Waals surface area contributed by atoms with Crippen molar-refractivity contribution >= 4 is 11.8 Å². The lowest BCUT2D eigenvalue weighted by Crippen LogP contribution is -2.17. The van der Waals surface area contributed by atoms with Crippen molar-refractivity contribution in [3.8, 4) is 0 Å². The first-order chi connectivity index (χ1) is 7.11. The molecule has 0 radical (unpaired) electrons. The van der Waals surface area contributed by atoms with Gasteiger partial charge in [-0.2, -0.15) is 0 Å². The molecule has 15 heavy (non-hydrogen) atoms. The molecule has 1 rings (SSSR count). The van der Waals surface area contributed by atoms with Crippen LogP contribution in [0.5, 0.6) is 0 Å². The predicted octanol–water partition coefficient (Wildman–Crippen LogP) is 1.45. The van der Waals surface area contributed by atoms with Crippen molar-refractivity contribution in [2.75, 3.05) is 13.7 Å². The molecule has 1 aliphatic carbocycles. The van der Waals surface area contributed by atoms with Crippen molar-refractivity contribution in [1.29, 1.82) is 0 Å². The normalized spacial score (nSPS) is 16.7. The highest BCUT2D eigenvalue weighted by atomic mass is 16.5. The highest BCUT2D eigenvalue weighted by Crippen LogP contribution is 2.38. The van der Waals surface area contributed by atoms with E-state index in [2.05, 4.69) is 0 Å². The molecule has 0 N–H and O–H groups in total. The maximum Gasteiger partial charge on any atom is 0.345 e. The summed E-state index contributed by atoms with van der Waals surface area (Å²) in [6.45, 7) is 3.32. The number of methoxy groups -OCH3 is 1. The summed E-state index contributed by atoms with van der Waals surface area (Å²) in [6.07, 6.45) is 1.94. The third kappa shape index (κ3) is 2.81. The molecule has 0 heterocycles. The van der Waals surface area contributed by atoms with Gasteiger partial charge in [-0.3, -0.25) is 4.79 Å². The Morgan fingerprint density at radius 2 is 1.93 bits per heavy atom. The van der Waals surface area contributed by atoms with Gasteiger partial charge in [-0.25, -0.2) is 4.79 Å². The number of ketones is 1. The summed E-state index contributed by atoms with van der Waals surface area (Å²) >= 11 is 0. The number of allylic oxidation sites excluding steroid dienone is 1. The van der Waals surface area contributed by atoms with Gasteiger partial charge in [0.25, 0.3) is 0 Å². The molecule has 0 saturated heterocycles.